The molecule has 3 heteroatoms. The molecule has 1 unspecified atom stereocenters. The highest BCUT2D eigenvalue weighted by Crippen LogP contribution is 2.24. The molecule has 3 nitrogen and oxygen atoms in total. The Hall–Kier alpha value is -1.06. The molecule has 0 radical (unpaired) electrons. The second-order valence-electron chi connectivity index (χ2n) is 7.02. The van der Waals surface area contributed by atoms with E-state index in [1.165, 1.54) is 5.56 Å². The number of rotatable bonds is 8. The highest BCUT2D eigenvalue weighted by molar-refractivity contribution is 5.31. The van der Waals surface area contributed by atoms with Crippen LogP contribution in [0.5, 0.6) is 5.75 Å². The maximum absolute atomic E-state index is 6.02. The van der Waals surface area contributed by atoms with Crippen molar-refractivity contribution in [3.63, 3.8) is 0 Å². The molecule has 0 heterocycles. The maximum Gasteiger partial charge on any atom is 0.134 e. The third-order valence-electron chi connectivity index (χ3n) is 3.30. The minimum Gasteiger partial charge on any atom is -0.487 e. The second kappa shape index (κ2) is 8.40. The van der Waals surface area contributed by atoms with Crippen molar-refractivity contribution in [2.45, 2.75) is 46.1 Å². The van der Waals surface area contributed by atoms with Gasteiger partial charge in [0.15, 0.2) is 0 Å². The van der Waals surface area contributed by atoms with E-state index >= 15 is 0 Å². The van der Waals surface area contributed by atoms with Crippen molar-refractivity contribution < 1.29 is 9.47 Å². The molecule has 1 aromatic carbocycles. The van der Waals surface area contributed by atoms with E-state index in [1.54, 1.807) is 7.11 Å². The van der Waals surface area contributed by atoms with E-state index < -0.39 is 0 Å². The highest BCUT2D eigenvalue weighted by Gasteiger charge is 2.14. The molecule has 0 aliphatic heterocycles. The van der Waals surface area contributed by atoms with E-state index in [0.29, 0.717) is 12.5 Å². The van der Waals surface area contributed by atoms with E-state index in [0.717, 1.165) is 18.8 Å². The fraction of sp³-hybridized carbons (Fsp3) is 0.667. The van der Waals surface area contributed by atoms with Crippen molar-refractivity contribution in [3.8, 4) is 5.75 Å². The van der Waals surface area contributed by atoms with Gasteiger partial charge < -0.3 is 14.8 Å². The fourth-order valence-corrected chi connectivity index (χ4v) is 2.08. The monoisotopic (exact) mass is 293 g/mol. The summed E-state index contributed by atoms with van der Waals surface area (Å²) in [6.45, 7) is 13.4. The summed E-state index contributed by atoms with van der Waals surface area (Å²) in [4.78, 5) is 0. The van der Waals surface area contributed by atoms with E-state index in [1.807, 2.05) is 12.1 Å². The van der Waals surface area contributed by atoms with Gasteiger partial charge in [0.1, 0.15) is 11.9 Å². The lowest BCUT2D eigenvalue weighted by Crippen LogP contribution is -2.36. The molecule has 0 amide bonds. The van der Waals surface area contributed by atoms with Crippen LogP contribution in [0.1, 0.15) is 40.2 Å². The summed E-state index contributed by atoms with van der Waals surface area (Å²) in [7, 11) is 1.71. The van der Waals surface area contributed by atoms with Gasteiger partial charge in [0.25, 0.3) is 0 Å². The van der Waals surface area contributed by atoms with Crippen LogP contribution >= 0.6 is 0 Å². The first kappa shape index (κ1) is 18.0. The molecule has 0 aliphatic rings. The van der Waals surface area contributed by atoms with Crippen LogP contribution in [-0.2, 0) is 10.2 Å². The van der Waals surface area contributed by atoms with E-state index in [4.69, 9.17) is 9.47 Å². The van der Waals surface area contributed by atoms with Gasteiger partial charge in [0, 0.05) is 13.7 Å². The van der Waals surface area contributed by atoms with Gasteiger partial charge >= 0.3 is 0 Å². The van der Waals surface area contributed by atoms with Gasteiger partial charge in [-0.1, -0.05) is 46.8 Å². The lowest BCUT2D eigenvalue weighted by molar-refractivity contribution is 0.0802. The molecule has 0 spiro atoms. The maximum atomic E-state index is 6.02. The first-order valence-corrected chi connectivity index (χ1v) is 7.79. The van der Waals surface area contributed by atoms with Crippen LogP contribution in [-0.4, -0.2) is 32.9 Å². The largest absolute Gasteiger partial charge is 0.487 e. The molecule has 1 aromatic rings. The van der Waals surface area contributed by atoms with Crippen LogP contribution in [0.15, 0.2) is 24.3 Å². The van der Waals surface area contributed by atoms with Crippen LogP contribution in [0.2, 0.25) is 0 Å². The number of benzene rings is 1. The first-order valence-electron chi connectivity index (χ1n) is 7.79. The zero-order chi connectivity index (χ0) is 15.9. The van der Waals surface area contributed by atoms with Gasteiger partial charge in [-0.05, 0) is 35.6 Å². The summed E-state index contributed by atoms with van der Waals surface area (Å²) >= 11 is 0. The Balaban J connectivity index is 2.58. The van der Waals surface area contributed by atoms with Crippen LogP contribution in [0, 0.1) is 5.92 Å². The van der Waals surface area contributed by atoms with E-state index in [9.17, 15) is 0 Å². The molecule has 0 fully saturated rings. The Bertz CT molecular complexity index is 393. The Kier molecular flexibility index (Phi) is 7.20. The molecule has 0 saturated carbocycles. The predicted octanol–water partition coefficient (Wildman–Crippen LogP) is 3.62. The van der Waals surface area contributed by atoms with Gasteiger partial charge in [-0.3, -0.25) is 0 Å². The second-order valence-corrected chi connectivity index (χ2v) is 7.02. The van der Waals surface area contributed by atoms with Crippen LogP contribution in [0.4, 0.5) is 0 Å². The molecule has 0 aromatic heterocycles. The topological polar surface area (TPSA) is 30.5 Å². The van der Waals surface area contributed by atoms with Crippen molar-refractivity contribution >= 4 is 0 Å². The van der Waals surface area contributed by atoms with Crippen molar-refractivity contribution in [3.05, 3.63) is 29.8 Å². The number of ether oxygens (including phenoxy) is 2. The lowest BCUT2D eigenvalue weighted by atomic mass is 9.87. The lowest BCUT2D eigenvalue weighted by Gasteiger charge is -2.22. The third-order valence-corrected chi connectivity index (χ3v) is 3.30. The Morgan fingerprint density at radius 3 is 2.14 bits per heavy atom. The molecular weight excluding hydrogens is 262 g/mol. The van der Waals surface area contributed by atoms with Gasteiger partial charge in [-0.15, -0.1) is 0 Å². The summed E-state index contributed by atoms with van der Waals surface area (Å²) in [5, 5.41) is 3.42. The molecule has 120 valence electrons. The predicted molar refractivity (Wildman–Crippen MR) is 89.1 cm³/mol. The Morgan fingerprint density at radius 2 is 1.67 bits per heavy atom. The standard InChI is InChI=1S/C18H31NO2/c1-14(2)11-19-12-17(13-20-6)21-16-9-7-15(8-10-16)18(3,4)5/h7-10,14,17,19H,11-13H2,1-6H3. The van der Waals surface area contributed by atoms with Crippen LogP contribution in [0.25, 0.3) is 0 Å². The van der Waals surface area contributed by atoms with Crippen LogP contribution in [0.3, 0.4) is 0 Å². The first-order chi connectivity index (χ1) is 9.82. The molecule has 21 heavy (non-hydrogen) atoms. The minimum absolute atomic E-state index is 0.0363. The molecule has 1 rings (SSSR count). The highest BCUT2D eigenvalue weighted by atomic mass is 16.5. The van der Waals surface area contributed by atoms with Gasteiger partial charge in [0.2, 0.25) is 0 Å². The van der Waals surface area contributed by atoms with Crippen molar-refractivity contribution in [2.75, 3.05) is 26.8 Å². The van der Waals surface area contributed by atoms with Gasteiger partial charge in [-0.2, -0.15) is 0 Å². The summed E-state index contributed by atoms with van der Waals surface area (Å²) < 4.78 is 11.3. The van der Waals surface area contributed by atoms with Crippen molar-refractivity contribution in [1.29, 1.82) is 0 Å². The van der Waals surface area contributed by atoms with E-state index in [2.05, 4.69) is 52.1 Å². The van der Waals surface area contributed by atoms with Crippen LogP contribution < -0.4 is 10.1 Å². The zero-order valence-electron chi connectivity index (χ0n) is 14.4. The van der Waals surface area contributed by atoms with Gasteiger partial charge in [-0.25, -0.2) is 0 Å². The Labute approximate surface area is 130 Å². The molecule has 0 bridgehead atoms. The van der Waals surface area contributed by atoms with Gasteiger partial charge in [0.05, 0.1) is 6.61 Å². The minimum atomic E-state index is 0.0363. The number of hydrogen-bond donors (Lipinski definition) is 1. The molecule has 0 saturated heterocycles. The fourth-order valence-electron chi connectivity index (χ4n) is 2.08. The average Bonchev–Trinajstić information content (AvgIpc) is 2.38. The summed E-state index contributed by atoms with van der Waals surface area (Å²) in [5.74, 6) is 1.54. The summed E-state index contributed by atoms with van der Waals surface area (Å²) in [6, 6.07) is 8.37. The molecular formula is C18H31NO2. The third kappa shape index (κ3) is 6.96. The summed E-state index contributed by atoms with van der Waals surface area (Å²) in [5.41, 5.74) is 1.49. The number of nitrogens with one attached hydrogen (secondary N) is 1. The zero-order valence-corrected chi connectivity index (χ0v) is 14.4. The summed E-state index contributed by atoms with van der Waals surface area (Å²) in [6.07, 6.45) is 0.0363. The SMILES string of the molecule is COCC(CNCC(C)C)Oc1ccc(C(C)(C)C)cc1. The van der Waals surface area contributed by atoms with Crippen molar-refractivity contribution in [1.82, 2.24) is 5.32 Å². The van der Waals surface area contributed by atoms with Crippen molar-refractivity contribution in [2.24, 2.45) is 5.92 Å². The molecule has 0 aliphatic carbocycles. The molecule has 1 atom stereocenters. The quantitative estimate of drug-likeness (QED) is 0.794. The normalized spacial score (nSPS) is 13.5. The Morgan fingerprint density at radius 1 is 1.05 bits per heavy atom. The molecule has 1 N–H and O–H groups in total. The number of methoxy groups -OCH3 is 1. The smallest absolute Gasteiger partial charge is 0.134 e. The van der Waals surface area contributed by atoms with E-state index in [-0.39, 0.29) is 11.5 Å². The average molecular weight is 293 g/mol. The number of hydrogen-bond acceptors (Lipinski definition) is 3.